The Labute approximate surface area is 138 Å². The number of benzene rings is 2. The van der Waals surface area contributed by atoms with Gasteiger partial charge in [0.1, 0.15) is 0 Å². The molecule has 0 saturated carbocycles. The van der Waals surface area contributed by atoms with Crippen LogP contribution in [-0.4, -0.2) is 27.8 Å². The minimum atomic E-state index is -3.52. The maximum atomic E-state index is 12.0. The molecule has 0 atom stereocenters. The fraction of sp³-hybridized carbons (Fsp3) is 0.133. The smallest absolute Gasteiger partial charge is 0.339 e. The quantitative estimate of drug-likeness (QED) is 0.782. The Morgan fingerprint density at radius 3 is 2.36 bits per heavy atom. The molecular weight excluding hydrogens is 344 g/mol. The van der Waals surface area contributed by atoms with Crippen molar-refractivity contribution < 1.29 is 17.9 Å². The number of carbonyl (C=O) groups excluding carboxylic acids is 1. The molecule has 4 nitrogen and oxygen atoms in total. The molecule has 0 spiro atoms. The molecule has 0 amide bonds. The van der Waals surface area contributed by atoms with E-state index in [1.54, 1.807) is 0 Å². The largest absolute Gasteiger partial charge is 0.465 e. The van der Waals surface area contributed by atoms with E-state index in [0.29, 0.717) is 4.90 Å². The number of esters is 1. The second-order valence-electron chi connectivity index (χ2n) is 4.46. The van der Waals surface area contributed by atoms with Crippen LogP contribution in [0, 0.1) is 0 Å². The summed E-state index contributed by atoms with van der Waals surface area (Å²) in [6, 6.07) is 12.0. The lowest BCUT2D eigenvalue weighted by Gasteiger charge is -2.11. The number of hydrogen-bond acceptors (Lipinski definition) is 5. The molecule has 116 valence electrons. The highest BCUT2D eigenvalue weighted by atomic mass is 35.5. The molecule has 0 aliphatic rings. The molecular formula is C15H13ClO4S2. The van der Waals surface area contributed by atoms with Crippen LogP contribution in [-0.2, 0) is 14.6 Å². The Bertz CT molecular complexity index is 802. The van der Waals surface area contributed by atoms with Crippen molar-refractivity contribution in [2.45, 2.75) is 14.7 Å². The first-order valence-electron chi connectivity index (χ1n) is 6.17. The van der Waals surface area contributed by atoms with Gasteiger partial charge in [-0.15, -0.1) is 0 Å². The molecule has 7 heteroatoms. The average Bonchev–Trinajstić information content (AvgIpc) is 2.46. The monoisotopic (exact) mass is 356 g/mol. The second kappa shape index (κ2) is 6.73. The van der Waals surface area contributed by atoms with Crippen LogP contribution in [0.15, 0.2) is 57.2 Å². The van der Waals surface area contributed by atoms with Gasteiger partial charge in [-0.05, 0) is 24.3 Å². The van der Waals surface area contributed by atoms with Crippen molar-refractivity contribution in [3.8, 4) is 0 Å². The molecule has 0 aliphatic heterocycles. The van der Waals surface area contributed by atoms with Crippen LogP contribution in [0.4, 0.5) is 0 Å². The van der Waals surface area contributed by atoms with Gasteiger partial charge in [0.15, 0.2) is 9.84 Å². The zero-order valence-electron chi connectivity index (χ0n) is 11.9. The average molecular weight is 357 g/mol. The summed E-state index contributed by atoms with van der Waals surface area (Å²) < 4.78 is 28.6. The molecule has 0 aliphatic carbocycles. The zero-order valence-corrected chi connectivity index (χ0v) is 14.3. The summed E-state index contributed by atoms with van der Waals surface area (Å²) in [4.78, 5) is 13.1. The van der Waals surface area contributed by atoms with Crippen molar-refractivity contribution in [3.05, 3.63) is 53.1 Å². The van der Waals surface area contributed by atoms with Gasteiger partial charge in [0.25, 0.3) is 0 Å². The Morgan fingerprint density at radius 1 is 1.18 bits per heavy atom. The standard InChI is InChI=1S/C15H13ClO4S2/c1-20-15(17)11-8-14(22(2,18)19)13(9-12(11)16)21-10-6-4-3-5-7-10/h3-9H,1-2H3. The minimum absolute atomic E-state index is 0.0296. The highest BCUT2D eigenvalue weighted by Crippen LogP contribution is 2.36. The predicted octanol–water partition coefficient (Wildman–Crippen LogP) is 3.68. The lowest BCUT2D eigenvalue weighted by Crippen LogP contribution is -2.07. The number of methoxy groups -OCH3 is 1. The number of sulfone groups is 1. The molecule has 0 N–H and O–H groups in total. The first-order chi connectivity index (χ1) is 10.3. The first-order valence-corrected chi connectivity index (χ1v) is 9.26. The number of carbonyl (C=O) groups is 1. The van der Waals surface area contributed by atoms with Crippen molar-refractivity contribution in [2.24, 2.45) is 0 Å². The molecule has 0 unspecified atom stereocenters. The minimum Gasteiger partial charge on any atom is -0.465 e. The summed E-state index contributed by atoms with van der Waals surface area (Å²) in [5.74, 6) is -0.675. The molecule has 2 rings (SSSR count). The summed E-state index contributed by atoms with van der Waals surface area (Å²) in [6.07, 6.45) is 1.09. The molecule has 0 fully saturated rings. The van der Waals surface area contributed by atoms with E-state index < -0.39 is 15.8 Å². The van der Waals surface area contributed by atoms with Gasteiger partial charge in [-0.25, -0.2) is 13.2 Å². The van der Waals surface area contributed by atoms with Crippen molar-refractivity contribution in [3.63, 3.8) is 0 Å². The molecule has 0 aromatic heterocycles. The summed E-state index contributed by atoms with van der Waals surface area (Å²) >= 11 is 7.35. The van der Waals surface area contributed by atoms with Crippen LogP contribution in [0.5, 0.6) is 0 Å². The van der Waals surface area contributed by atoms with Gasteiger partial charge in [0.05, 0.1) is 22.6 Å². The fourth-order valence-electron chi connectivity index (χ4n) is 1.79. The van der Waals surface area contributed by atoms with Crippen molar-refractivity contribution >= 4 is 39.2 Å². The molecule has 2 aromatic carbocycles. The summed E-state index contributed by atoms with van der Waals surface area (Å²) in [6.45, 7) is 0. The molecule has 0 saturated heterocycles. The lowest BCUT2D eigenvalue weighted by molar-refractivity contribution is 0.0600. The van der Waals surface area contributed by atoms with E-state index in [-0.39, 0.29) is 15.5 Å². The fourth-order valence-corrected chi connectivity index (χ4v) is 4.31. The van der Waals surface area contributed by atoms with E-state index in [1.165, 1.54) is 31.0 Å². The van der Waals surface area contributed by atoms with Crippen LogP contribution >= 0.6 is 23.4 Å². The molecule has 2 aromatic rings. The van der Waals surface area contributed by atoms with Crippen LogP contribution in [0.2, 0.25) is 5.02 Å². The topological polar surface area (TPSA) is 60.4 Å². The van der Waals surface area contributed by atoms with E-state index in [9.17, 15) is 13.2 Å². The second-order valence-corrected chi connectivity index (χ2v) is 7.96. The first kappa shape index (κ1) is 16.9. The van der Waals surface area contributed by atoms with E-state index >= 15 is 0 Å². The third kappa shape index (κ3) is 3.82. The SMILES string of the molecule is COC(=O)c1cc(S(C)(=O)=O)c(Sc2ccccc2)cc1Cl. The van der Waals surface area contributed by atoms with Gasteiger partial charge in [-0.3, -0.25) is 0 Å². The maximum absolute atomic E-state index is 12.0. The van der Waals surface area contributed by atoms with Gasteiger partial charge in [0.2, 0.25) is 0 Å². The Balaban J connectivity index is 2.58. The van der Waals surface area contributed by atoms with Crippen molar-refractivity contribution in [1.82, 2.24) is 0 Å². The van der Waals surface area contributed by atoms with E-state index in [2.05, 4.69) is 4.74 Å². The van der Waals surface area contributed by atoms with E-state index in [1.807, 2.05) is 30.3 Å². The normalized spacial score (nSPS) is 11.2. The maximum Gasteiger partial charge on any atom is 0.339 e. The number of hydrogen-bond donors (Lipinski definition) is 0. The van der Waals surface area contributed by atoms with Gasteiger partial charge in [-0.2, -0.15) is 0 Å². The third-order valence-electron chi connectivity index (χ3n) is 2.81. The predicted molar refractivity (Wildman–Crippen MR) is 86.5 cm³/mol. The molecule has 0 radical (unpaired) electrons. The van der Waals surface area contributed by atoms with Gasteiger partial charge in [-0.1, -0.05) is 41.6 Å². The Hall–Kier alpha value is -1.50. The van der Waals surface area contributed by atoms with Crippen LogP contribution in [0.1, 0.15) is 10.4 Å². The summed E-state index contributed by atoms with van der Waals surface area (Å²) in [7, 11) is -2.31. The highest BCUT2D eigenvalue weighted by molar-refractivity contribution is 8.00. The molecule has 22 heavy (non-hydrogen) atoms. The summed E-state index contributed by atoms with van der Waals surface area (Å²) in [5, 5.41) is 0.151. The van der Waals surface area contributed by atoms with Gasteiger partial charge in [0, 0.05) is 16.0 Å². The van der Waals surface area contributed by atoms with Crippen LogP contribution in [0.25, 0.3) is 0 Å². The number of ether oxygens (including phenoxy) is 1. The third-order valence-corrected chi connectivity index (χ3v) is 5.45. The molecule has 0 bridgehead atoms. The van der Waals surface area contributed by atoms with Crippen molar-refractivity contribution in [1.29, 1.82) is 0 Å². The number of halogens is 1. The van der Waals surface area contributed by atoms with Gasteiger partial charge >= 0.3 is 5.97 Å². The van der Waals surface area contributed by atoms with Crippen molar-refractivity contribution in [2.75, 3.05) is 13.4 Å². The van der Waals surface area contributed by atoms with Crippen LogP contribution < -0.4 is 0 Å². The zero-order chi connectivity index (χ0) is 16.3. The molecule has 0 heterocycles. The lowest BCUT2D eigenvalue weighted by atomic mass is 10.2. The van der Waals surface area contributed by atoms with E-state index in [4.69, 9.17) is 11.6 Å². The summed E-state index contributed by atoms with van der Waals surface area (Å²) in [5.41, 5.74) is 0.0296. The Kier molecular flexibility index (Phi) is 5.16. The number of rotatable bonds is 4. The Morgan fingerprint density at radius 2 is 1.82 bits per heavy atom. The van der Waals surface area contributed by atoms with Gasteiger partial charge < -0.3 is 4.74 Å². The highest BCUT2D eigenvalue weighted by Gasteiger charge is 2.21. The van der Waals surface area contributed by atoms with E-state index in [0.717, 1.165) is 11.2 Å². The van der Waals surface area contributed by atoms with Crippen LogP contribution in [0.3, 0.4) is 0 Å².